The highest BCUT2D eigenvalue weighted by molar-refractivity contribution is 5.88. The van der Waals surface area contributed by atoms with Crippen LogP contribution >= 0.6 is 0 Å². The number of hydrogen-bond acceptors (Lipinski definition) is 2. The monoisotopic (exact) mass is 366 g/mol. The van der Waals surface area contributed by atoms with E-state index in [-0.39, 0.29) is 11.8 Å². The quantitative estimate of drug-likeness (QED) is 0.773. The fourth-order valence-electron chi connectivity index (χ4n) is 3.44. The van der Waals surface area contributed by atoms with Gasteiger partial charge in [0.2, 0.25) is 11.8 Å². The van der Waals surface area contributed by atoms with Crippen molar-refractivity contribution in [2.75, 3.05) is 6.54 Å². The molecule has 0 aliphatic rings. The third-order valence-corrected chi connectivity index (χ3v) is 4.57. The van der Waals surface area contributed by atoms with Crippen molar-refractivity contribution < 1.29 is 9.59 Å². The highest BCUT2D eigenvalue weighted by Crippen LogP contribution is 2.16. The topological polar surface area (TPSA) is 49.4 Å². The summed E-state index contributed by atoms with van der Waals surface area (Å²) in [6.07, 6.45) is 0.877. The molecular formula is C23H30N2O2. The Bertz CT molecular complexity index is 751. The molecule has 0 aliphatic heterocycles. The number of nitrogens with zero attached hydrogens (tertiary/aromatic N) is 1. The first-order chi connectivity index (χ1) is 12.9. The Morgan fingerprint density at radius 2 is 1.59 bits per heavy atom. The molecule has 4 nitrogen and oxygen atoms in total. The van der Waals surface area contributed by atoms with E-state index >= 15 is 0 Å². The lowest BCUT2D eigenvalue weighted by Gasteiger charge is -2.30. The fourth-order valence-corrected chi connectivity index (χ4v) is 3.44. The summed E-state index contributed by atoms with van der Waals surface area (Å²) >= 11 is 0. The number of hydrogen-bond donors (Lipinski definition) is 1. The Morgan fingerprint density at radius 1 is 0.963 bits per heavy atom. The van der Waals surface area contributed by atoms with Gasteiger partial charge in [-0.15, -0.1) is 0 Å². The number of benzene rings is 2. The molecule has 0 aromatic heterocycles. The maximum atomic E-state index is 13.2. The van der Waals surface area contributed by atoms with Crippen molar-refractivity contribution in [2.45, 2.75) is 53.1 Å². The molecule has 1 N–H and O–H groups in total. The third-order valence-electron chi connectivity index (χ3n) is 4.57. The molecular weight excluding hydrogens is 336 g/mol. The summed E-state index contributed by atoms with van der Waals surface area (Å²) in [5.74, 6) is -0.119. The molecule has 0 unspecified atom stereocenters. The molecule has 2 rings (SSSR count). The van der Waals surface area contributed by atoms with Crippen LogP contribution < -0.4 is 5.32 Å². The normalized spacial score (nSPS) is 11.7. The lowest BCUT2D eigenvalue weighted by atomic mass is 10.0. The van der Waals surface area contributed by atoms with Crippen LogP contribution in [-0.4, -0.2) is 29.3 Å². The number of amides is 2. The smallest absolute Gasteiger partial charge is 0.242 e. The van der Waals surface area contributed by atoms with Gasteiger partial charge < -0.3 is 10.2 Å². The first kappa shape index (κ1) is 20.7. The predicted molar refractivity (Wildman–Crippen MR) is 109 cm³/mol. The number of aryl methyl sites for hydroxylation is 2. The van der Waals surface area contributed by atoms with Crippen molar-refractivity contribution in [1.29, 1.82) is 0 Å². The fraction of sp³-hybridized carbons (Fsp3) is 0.391. The predicted octanol–water partition coefficient (Wildman–Crippen LogP) is 3.79. The van der Waals surface area contributed by atoms with Gasteiger partial charge in [-0.05, 0) is 38.3 Å². The van der Waals surface area contributed by atoms with Gasteiger partial charge in [-0.1, -0.05) is 66.6 Å². The molecule has 0 bridgehead atoms. The third kappa shape index (κ3) is 5.95. The van der Waals surface area contributed by atoms with Crippen molar-refractivity contribution in [3.05, 3.63) is 70.8 Å². The molecule has 0 fully saturated rings. The lowest BCUT2D eigenvalue weighted by Crippen LogP contribution is -2.49. The molecule has 0 aliphatic carbocycles. The van der Waals surface area contributed by atoms with E-state index < -0.39 is 6.04 Å². The van der Waals surface area contributed by atoms with Crippen LogP contribution in [0.4, 0.5) is 0 Å². The molecule has 4 heteroatoms. The molecule has 2 aromatic carbocycles. The van der Waals surface area contributed by atoms with Crippen molar-refractivity contribution in [3.8, 4) is 0 Å². The van der Waals surface area contributed by atoms with Crippen LogP contribution in [0, 0.1) is 13.8 Å². The highest BCUT2D eigenvalue weighted by Gasteiger charge is 2.28. The number of nitrogens with one attached hydrogen (secondary N) is 1. The molecule has 0 saturated carbocycles. The van der Waals surface area contributed by atoms with Gasteiger partial charge in [0.25, 0.3) is 0 Å². The molecule has 2 aromatic rings. The van der Waals surface area contributed by atoms with Gasteiger partial charge in [-0.3, -0.25) is 9.59 Å². The molecule has 1 atom stereocenters. The van der Waals surface area contributed by atoms with E-state index in [1.807, 2.05) is 70.2 Å². The largest absolute Gasteiger partial charge is 0.355 e. The summed E-state index contributed by atoms with van der Waals surface area (Å²) < 4.78 is 0. The Hall–Kier alpha value is -2.62. The maximum Gasteiger partial charge on any atom is 0.242 e. The summed E-state index contributed by atoms with van der Waals surface area (Å²) in [4.78, 5) is 27.5. The molecule has 0 heterocycles. The standard InChI is InChI=1S/C23H30N2O2/c1-5-21(23(27)24-6-2)25(16-19-10-8-7-9-11-19)22(26)15-20-13-17(3)12-18(4)14-20/h7-14,21H,5-6,15-16H2,1-4H3,(H,24,27)/t21-/m1/s1. The summed E-state index contributed by atoms with van der Waals surface area (Å²) in [6, 6.07) is 15.5. The van der Waals surface area contributed by atoms with Gasteiger partial charge in [-0.2, -0.15) is 0 Å². The Balaban J connectivity index is 2.28. The van der Waals surface area contributed by atoms with Gasteiger partial charge in [0.1, 0.15) is 6.04 Å². The zero-order valence-electron chi connectivity index (χ0n) is 16.8. The number of likely N-dealkylation sites (N-methyl/N-ethyl adjacent to an activating group) is 1. The van der Waals surface area contributed by atoms with E-state index in [2.05, 4.69) is 11.4 Å². The minimum absolute atomic E-state index is 0.0260. The number of rotatable bonds is 8. The van der Waals surface area contributed by atoms with Gasteiger partial charge in [0, 0.05) is 13.1 Å². The summed E-state index contributed by atoms with van der Waals surface area (Å²) in [5, 5.41) is 2.87. The molecule has 27 heavy (non-hydrogen) atoms. The number of carbonyl (C=O) groups excluding carboxylic acids is 2. The summed E-state index contributed by atoms with van der Waals surface area (Å²) in [7, 11) is 0. The Labute approximate surface area is 162 Å². The zero-order valence-corrected chi connectivity index (χ0v) is 16.8. The minimum Gasteiger partial charge on any atom is -0.355 e. The highest BCUT2D eigenvalue weighted by atomic mass is 16.2. The SMILES string of the molecule is CCNC(=O)[C@@H](CC)N(Cc1ccccc1)C(=O)Cc1cc(C)cc(C)c1. The lowest BCUT2D eigenvalue weighted by molar-refractivity contribution is -0.140. The van der Waals surface area contributed by atoms with Gasteiger partial charge >= 0.3 is 0 Å². The van der Waals surface area contributed by atoms with Crippen LogP contribution in [0.2, 0.25) is 0 Å². The van der Waals surface area contributed by atoms with E-state index in [9.17, 15) is 9.59 Å². The number of carbonyl (C=O) groups is 2. The Kier molecular flexibility index (Phi) is 7.59. The van der Waals surface area contributed by atoms with E-state index in [1.165, 1.54) is 0 Å². The van der Waals surface area contributed by atoms with E-state index in [0.29, 0.717) is 25.9 Å². The molecule has 144 valence electrons. The maximum absolute atomic E-state index is 13.2. The summed E-state index contributed by atoms with van der Waals surface area (Å²) in [5.41, 5.74) is 4.29. The second-order valence-electron chi connectivity index (χ2n) is 7.00. The minimum atomic E-state index is -0.469. The van der Waals surface area contributed by atoms with Crippen LogP contribution in [0.3, 0.4) is 0 Å². The van der Waals surface area contributed by atoms with Crippen molar-refractivity contribution in [3.63, 3.8) is 0 Å². The average molecular weight is 367 g/mol. The van der Waals surface area contributed by atoms with Crippen LogP contribution in [0.1, 0.15) is 42.5 Å². The van der Waals surface area contributed by atoms with Crippen molar-refractivity contribution >= 4 is 11.8 Å². The van der Waals surface area contributed by atoms with Crippen LogP contribution in [0.25, 0.3) is 0 Å². The van der Waals surface area contributed by atoms with Crippen molar-refractivity contribution in [1.82, 2.24) is 10.2 Å². The van der Waals surface area contributed by atoms with E-state index in [0.717, 1.165) is 22.3 Å². The summed E-state index contributed by atoms with van der Waals surface area (Å²) in [6.45, 7) is 8.89. The van der Waals surface area contributed by atoms with Crippen molar-refractivity contribution in [2.24, 2.45) is 0 Å². The average Bonchev–Trinajstić information content (AvgIpc) is 2.61. The second kappa shape index (κ2) is 9.91. The molecule has 0 spiro atoms. The van der Waals surface area contributed by atoms with Gasteiger partial charge in [-0.25, -0.2) is 0 Å². The molecule has 2 amide bonds. The van der Waals surface area contributed by atoms with Crippen LogP contribution in [0.5, 0.6) is 0 Å². The van der Waals surface area contributed by atoms with Gasteiger partial charge in [0.15, 0.2) is 0 Å². The molecule has 0 saturated heterocycles. The first-order valence-electron chi connectivity index (χ1n) is 9.62. The van der Waals surface area contributed by atoms with Gasteiger partial charge in [0.05, 0.1) is 6.42 Å². The van der Waals surface area contributed by atoms with Crippen LogP contribution in [-0.2, 0) is 22.6 Å². The second-order valence-corrected chi connectivity index (χ2v) is 7.00. The van der Waals surface area contributed by atoms with E-state index in [1.54, 1.807) is 4.90 Å². The Morgan fingerprint density at radius 3 is 2.15 bits per heavy atom. The first-order valence-corrected chi connectivity index (χ1v) is 9.62. The molecule has 0 radical (unpaired) electrons. The van der Waals surface area contributed by atoms with Crippen LogP contribution in [0.15, 0.2) is 48.5 Å². The zero-order chi connectivity index (χ0) is 19.8. The van der Waals surface area contributed by atoms with E-state index in [4.69, 9.17) is 0 Å².